The fourth-order valence-corrected chi connectivity index (χ4v) is 2.04. The van der Waals surface area contributed by atoms with Gasteiger partial charge in [-0.05, 0) is 48.5 Å². The molecule has 23 heavy (non-hydrogen) atoms. The average molecular weight is 326 g/mol. The zero-order valence-electron chi connectivity index (χ0n) is 11.9. The Morgan fingerprint density at radius 3 is 2.57 bits per heavy atom. The summed E-state index contributed by atoms with van der Waals surface area (Å²) < 4.78 is 5.64. The third-order valence-electron chi connectivity index (χ3n) is 3.06. The highest BCUT2D eigenvalue weighted by Crippen LogP contribution is 2.23. The van der Waals surface area contributed by atoms with Crippen LogP contribution in [0.5, 0.6) is 0 Å². The predicted octanol–water partition coefficient (Wildman–Crippen LogP) is 3.76. The van der Waals surface area contributed by atoms with Crippen LogP contribution in [0.1, 0.15) is 16.1 Å². The Labute approximate surface area is 137 Å². The van der Waals surface area contributed by atoms with Crippen LogP contribution in [-0.4, -0.2) is 17.1 Å². The summed E-state index contributed by atoms with van der Waals surface area (Å²) >= 11 is 5.86. The standard InChI is InChI=1S/C17H12ClN3O2/c18-14-3-1-12(2-4-14)16-6-5-15(23-16)11-20-21-17(22)13-7-9-19-10-8-13/h1-11H,(H,21,22)/b20-11-. The van der Waals surface area contributed by atoms with Crippen LogP contribution in [0, 0.1) is 0 Å². The Hall–Kier alpha value is -2.92. The van der Waals surface area contributed by atoms with Crippen molar-refractivity contribution in [2.75, 3.05) is 0 Å². The number of hydrogen-bond donors (Lipinski definition) is 1. The Balaban J connectivity index is 1.65. The van der Waals surface area contributed by atoms with Crippen molar-refractivity contribution >= 4 is 23.7 Å². The molecular formula is C17H12ClN3O2. The molecule has 0 aliphatic heterocycles. The molecule has 0 fully saturated rings. The SMILES string of the molecule is O=C(N/N=C\c1ccc(-c2ccc(Cl)cc2)o1)c1ccncc1. The van der Waals surface area contributed by atoms with Crippen molar-refractivity contribution < 1.29 is 9.21 Å². The number of nitrogens with zero attached hydrogens (tertiary/aromatic N) is 2. The summed E-state index contributed by atoms with van der Waals surface area (Å²) in [6.45, 7) is 0. The van der Waals surface area contributed by atoms with Gasteiger partial charge in [0.05, 0.1) is 6.21 Å². The Morgan fingerprint density at radius 1 is 1.09 bits per heavy atom. The molecule has 2 aromatic heterocycles. The van der Waals surface area contributed by atoms with Gasteiger partial charge >= 0.3 is 0 Å². The van der Waals surface area contributed by atoms with Crippen molar-refractivity contribution in [3.8, 4) is 11.3 Å². The van der Waals surface area contributed by atoms with Crippen LogP contribution in [0.15, 0.2) is 70.4 Å². The maximum Gasteiger partial charge on any atom is 0.271 e. The fourth-order valence-electron chi connectivity index (χ4n) is 1.91. The largest absolute Gasteiger partial charge is 0.455 e. The molecule has 3 rings (SSSR count). The van der Waals surface area contributed by atoms with Crippen LogP contribution < -0.4 is 5.43 Å². The molecule has 0 atom stereocenters. The van der Waals surface area contributed by atoms with Gasteiger partial charge in [-0.15, -0.1) is 0 Å². The molecule has 1 N–H and O–H groups in total. The fraction of sp³-hybridized carbons (Fsp3) is 0. The summed E-state index contributed by atoms with van der Waals surface area (Å²) in [6, 6.07) is 14.1. The number of carbonyl (C=O) groups is 1. The van der Waals surface area contributed by atoms with E-state index < -0.39 is 0 Å². The quantitative estimate of drug-likeness (QED) is 0.586. The van der Waals surface area contributed by atoms with E-state index in [0.29, 0.717) is 22.1 Å². The van der Waals surface area contributed by atoms with Gasteiger partial charge in [0.15, 0.2) is 0 Å². The Bertz CT molecular complexity index is 827. The highest BCUT2D eigenvalue weighted by atomic mass is 35.5. The van der Waals surface area contributed by atoms with Crippen molar-refractivity contribution in [2.45, 2.75) is 0 Å². The minimum absolute atomic E-state index is 0.312. The third kappa shape index (κ3) is 3.84. The van der Waals surface area contributed by atoms with Gasteiger partial charge in [0.25, 0.3) is 5.91 Å². The molecule has 0 unspecified atom stereocenters. The van der Waals surface area contributed by atoms with Crippen LogP contribution in [-0.2, 0) is 0 Å². The number of rotatable bonds is 4. The maximum atomic E-state index is 11.8. The molecule has 0 bridgehead atoms. The lowest BCUT2D eigenvalue weighted by Crippen LogP contribution is -2.17. The zero-order chi connectivity index (χ0) is 16.1. The molecule has 0 radical (unpaired) electrons. The molecule has 0 aliphatic rings. The number of nitrogens with one attached hydrogen (secondary N) is 1. The van der Waals surface area contributed by atoms with E-state index in [-0.39, 0.29) is 5.91 Å². The monoisotopic (exact) mass is 325 g/mol. The van der Waals surface area contributed by atoms with Gasteiger partial charge in [-0.3, -0.25) is 9.78 Å². The Morgan fingerprint density at radius 2 is 1.83 bits per heavy atom. The van der Waals surface area contributed by atoms with Crippen LogP contribution in [0.4, 0.5) is 0 Å². The molecule has 5 nitrogen and oxygen atoms in total. The van der Waals surface area contributed by atoms with Gasteiger partial charge < -0.3 is 4.42 Å². The van der Waals surface area contributed by atoms with Crippen LogP contribution in [0.3, 0.4) is 0 Å². The van der Waals surface area contributed by atoms with Gasteiger partial charge in [-0.1, -0.05) is 11.6 Å². The predicted molar refractivity (Wildman–Crippen MR) is 88.5 cm³/mol. The minimum atomic E-state index is -0.312. The number of hydrogen-bond acceptors (Lipinski definition) is 4. The first-order valence-corrected chi connectivity index (χ1v) is 7.19. The van der Waals surface area contributed by atoms with Crippen molar-refractivity contribution in [3.63, 3.8) is 0 Å². The first kappa shape index (κ1) is 15.0. The molecule has 0 saturated heterocycles. The van der Waals surface area contributed by atoms with Gasteiger partial charge in [0.2, 0.25) is 0 Å². The van der Waals surface area contributed by atoms with E-state index in [1.807, 2.05) is 18.2 Å². The van der Waals surface area contributed by atoms with Crippen LogP contribution in [0.25, 0.3) is 11.3 Å². The second-order valence-corrected chi connectivity index (χ2v) is 5.08. The first-order valence-electron chi connectivity index (χ1n) is 6.81. The number of halogens is 1. The summed E-state index contributed by atoms with van der Waals surface area (Å²) in [6.07, 6.45) is 4.53. The third-order valence-corrected chi connectivity index (χ3v) is 3.31. The van der Waals surface area contributed by atoms with Gasteiger partial charge in [-0.2, -0.15) is 5.10 Å². The molecule has 2 heterocycles. The van der Waals surface area contributed by atoms with E-state index in [1.54, 1.807) is 42.7 Å². The maximum absolute atomic E-state index is 11.8. The van der Waals surface area contributed by atoms with E-state index in [9.17, 15) is 4.79 Å². The number of pyridine rings is 1. The highest BCUT2D eigenvalue weighted by molar-refractivity contribution is 6.30. The molecular weight excluding hydrogens is 314 g/mol. The lowest BCUT2D eigenvalue weighted by atomic mass is 10.2. The van der Waals surface area contributed by atoms with E-state index >= 15 is 0 Å². The molecule has 0 spiro atoms. The summed E-state index contributed by atoms with van der Waals surface area (Å²) in [4.78, 5) is 15.6. The van der Waals surface area contributed by atoms with E-state index in [2.05, 4.69) is 15.5 Å². The molecule has 0 saturated carbocycles. The van der Waals surface area contributed by atoms with Crippen molar-refractivity contribution in [3.05, 3.63) is 77.3 Å². The van der Waals surface area contributed by atoms with Crippen molar-refractivity contribution in [2.24, 2.45) is 5.10 Å². The lowest BCUT2D eigenvalue weighted by Gasteiger charge is -1.98. The van der Waals surface area contributed by atoms with E-state index in [1.165, 1.54) is 6.21 Å². The lowest BCUT2D eigenvalue weighted by molar-refractivity contribution is 0.0955. The number of benzene rings is 1. The van der Waals surface area contributed by atoms with Crippen LogP contribution in [0.2, 0.25) is 5.02 Å². The molecule has 3 aromatic rings. The summed E-state index contributed by atoms with van der Waals surface area (Å²) in [5.41, 5.74) is 3.83. The molecule has 6 heteroatoms. The summed E-state index contributed by atoms with van der Waals surface area (Å²) in [7, 11) is 0. The number of amides is 1. The van der Waals surface area contributed by atoms with Crippen molar-refractivity contribution in [1.82, 2.24) is 10.4 Å². The second kappa shape index (κ2) is 6.89. The molecule has 114 valence electrons. The number of carbonyl (C=O) groups excluding carboxylic acids is 1. The number of hydrazone groups is 1. The zero-order valence-corrected chi connectivity index (χ0v) is 12.7. The number of furan rings is 1. The normalized spacial score (nSPS) is 10.8. The van der Waals surface area contributed by atoms with Crippen molar-refractivity contribution in [1.29, 1.82) is 0 Å². The minimum Gasteiger partial charge on any atom is -0.455 e. The van der Waals surface area contributed by atoms with Crippen LogP contribution >= 0.6 is 11.6 Å². The Kier molecular flexibility index (Phi) is 4.49. The summed E-state index contributed by atoms with van der Waals surface area (Å²) in [5.74, 6) is 0.918. The molecule has 0 aliphatic carbocycles. The molecule has 1 amide bonds. The summed E-state index contributed by atoms with van der Waals surface area (Å²) in [5, 5.41) is 4.55. The highest BCUT2D eigenvalue weighted by Gasteiger charge is 2.04. The van der Waals surface area contributed by atoms with Gasteiger partial charge in [0, 0.05) is 28.5 Å². The average Bonchev–Trinajstić information content (AvgIpc) is 3.05. The van der Waals surface area contributed by atoms with Gasteiger partial charge in [0.1, 0.15) is 11.5 Å². The second-order valence-electron chi connectivity index (χ2n) is 4.64. The first-order chi connectivity index (χ1) is 11.2. The molecule has 1 aromatic carbocycles. The number of aromatic nitrogens is 1. The van der Waals surface area contributed by atoms with E-state index in [4.69, 9.17) is 16.0 Å². The van der Waals surface area contributed by atoms with Gasteiger partial charge in [-0.25, -0.2) is 5.43 Å². The topological polar surface area (TPSA) is 67.5 Å². The van der Waals surface area contributed by atoms with E-state index in [0.717, 1.165) is 5.56 Å². The smallest absolute Gasteiger partial charge is 0.271 e.